The third-order valence-corrected chi connectivity index (χ3v) is 14.5. The summed E-state index contributed by atoms with van der Waals surface area (Å²) in [6, 6.07) is 5.79. The number of thioether (sulfide) groups is 2. The van der Waals surface area contributed by atoms with Gasteiger partial charge in [-0.3, -0.25) is 19.8 Å². The number of rotatable bonds is 12. The molecule has 0 aliphatic carbocycles. The molecule has 1 aromatic carbocycles. The van der Waals surface area contributed by atoms with Gasteiger partial charge in [0.1, 0.15) is 17.7 Å². The second-order valence-electron chi connectivity index (χ2n) is 12.1. The van der Waals surface area contributed by atoms with Gasteiger partial charge in [0.25, 0.3) is 5.69 Å². The zero-order valence-corrected chi connectivity index (χ0v) is 28.9. The van der Waals surface area contributed by atoms with Crippen molar-refractivity contribution >= 4 is 49.4 Å². The van der Waals surface area contributed by atoms with Crippen molar-refractivity contribution in [3.05, 3.63) is 61.5 Å². The van der Waals surface area contributed by atoms with Crippen LogP contribution >= 0.6 is 23.5 Å². The fourth-order valence-corrected chi connectivity index (χ4v) is 7.67. The highest BCUT2D eigenvalue weighted by atomic mass is 32.2. The number of tetrazole rings is 1. The predicted molar refractivity (Wildman–Crippen MR) is 169 cm³/mol. The van der Waals surface area contributed by atoms with E-state index in [0.717, 1.165) is 4.91 Å². The number of non-ortho nitro benzene ring substituents is 1. The van der Waals surface area contributed by atoms with Crippen molar-refractivity contribution < 1.29 is 23.7 Å². The number of hydrogen-bond acceptors (Lipinski definition) is 11. The highest BCUT2D eigenvalue weighted by Gasteiger charge is 2.55. The molecule has 1 amide bonds. The molecule has 15 heteroatoms. The maximum atomic E-state index is 13.8. The third kappa shape index (κ3) is 8.13. The Labute approximate surface area is 261 Å². The molecule has 0 bridgehead atoms. The number of aromatic nitrogens is 4. The fourth-order valence-electron chi connectivity index (χ4n) is 4.15. The molecule has 3 atom stereocenters. The topological polar surface area (TPSA) is 143 Å². The zero-order valence-electron chi connectivity index (χ0n) is 26.3. The van der Waals surface area contributed by atoms with Crippen LogP contribution in [0.4, 0.5) is 5.69 Å². The van der Waals surface area contributed by atoms with E-state index >= 15 is 0 Å². The second kappa shape index (κ2) is 13.7. The summed E-state index contributed by atoms with van der Waals surface area (Å²) in [5, 5.41) is 24.6. The molecule has 1 aromatic heterocycles. The van der Waals surface area contributed by atoms with E-state index in [1.165, 1.54) is 52.7 Å². The summed E-state index contributed by atoms with van der Waals surface area (Å²) in [5.41, 5.74) is 1.35. The Hall–Kier alpha value is -3.01. The van der Waals surface area contributed by atoms with Gasteiger partial charge in [0.05, 0.1) is 16.9 Å². The average Bonchev–Trinajstić information content (AvgIpc) is 3.32. The Balaban J connectivity index is 1.86. The van der Waals surface area contributed by atoms with E-state index in [1.54, 1.807) is 25.6 Å². The molecule has 0 spiro atoms. The van der Waals surface area contributed by atoms with Crippen LogP contribution in [0.5, 0.6) is 0 Å². The van der Waals surface area contributed by atoms with Crippen LogP contribution in [0.3, 0.4) is 0 Å². The van der Waals surface area contributed by atoms with Gasteiger partial charge in [0, 0.05) is 19.2 Å². The lowest BCUT2D eigenvalue weighted by Gasteiger charge is -2.51. The molecule has 2 unspecified atom stereocenters. The third-order valence-electron chi connectivity index (χ3n) is 7.52. The number of ether oxygens (including phenoxy) is 1. The van der Waals surface area contributed by atoms with Gasteiger partial charge in [0.15, 0.2) is 8.32 Å². The number of benzene rings is 1. The minimum atomic E-state index is -2.19. The van der Waals surface area contributed by atoms with Crippen LogP contribution in [0, 0.1) is 16.0 Å². The number of carbonyl (C=O) groups is 2. The van der Waals surface area contributed by atoms with E-state index in [2.05, 4.69) is 49.4 Å². The van der Waals surface area contributed by atoms with Crippen LogP contribution in [0.15, 0.2) is 51.0 Å². The van der Waals surface area contributed by atoms with Gasteiger partial charge in [-0.2, -0.15) is 0 Å². The summed E-state index contributed by atoms with van der Waals surface area (Å²) in [7, 11) is -0.440. The minimum Gasteiger partial charge on any atom is -0.456 e. The molecule has 2 heterocycles. The lowest BCUT2D eigenvalue weighted by atomic mass is 9.91. The smallest absolute Gasteiger partial charge is 0.355 e. The number of hydrogen-bond donors (Lipinski definition) is 0. The number of nitro groups is 1. The zero-order chi connectivity index (χ0) is 32.3. The second-order valence-corrected chi connectivity index (χ2v) is 19.1. The van der Waals surface area contributed by atoms with Crippen LogP contribution in [0.2, 0.25) is 18.1 Å². The summed E-state index contributed by atoms with van der Waals surface area (Å²) < 4.78 is 13.8. The highest BCUT2D eigenvalue weighted by Crippen LogP contribution is 2.47. The molecular formula is C28H40N6O6S2Si. The maximum Gasteiger partial charge on any atom is 0.355 e. The van der Waals surface area contributed by atoms with Crippen LogP contribution in [0.1, 0.15) is 54.0 Å². The lowest BCUT2D eigenvalue weighted by Crippen LogP contribution is -2.64. The summed E-state index contributed by atoms with van der Waals surface area (Å²) in [6.07, 6.45) is -0.375. The van der Waals surface area contributed by atoms with Crippen molar-refractivity contribution in [3.63, 3.8) is 0 Å². The Bertz CT molecular complexity index is 1420. The molecule has 12 nitrogen and oxygen atoms in total. The number of aryl methyl sites for hydroxylation is 1. The van der Waals surface area contributed by atoms with Gasteiger partial charge in [-0.15, -0.1) is 16.9 Å². The molecule has 1 aliphatic rings. The summed E-state index contributed by atoms with van der Waals surface area (Å²) in [4.78, 5) is 40.2. The summed E-state index contributed by atoms with van der Waals surface area (Å²) >= 11 is 2.84. The molecule has 1 fully saturated rings. The van der Waals surface area contributed by atoms with Crippen molar-refractivity contribution in [1.82, 2.24) is 25.1 Å². The number of β-lactam (4-membered cyclic amide) rings is 1. The molecule has 234 valence electrons. The molecule has 43 heavy (non-hydrogen) atoms. The first-order chi connectivity index (χ1) is 19.9. The minimum absolute atomic E-state index is 0.0419. The van der Waals surface area contributed by atoms with Crippen LogP contribution in [-0.4, -0.2) is 61.7 Å². The van der Waals surface area contributed by atoms with E-state index in [9.17, 15) is 19.7 Å². The molecule has 1 saturated heterocycles. The maximum absolute atomic E-state index is 13.8. The Morgan fingerprint density at radius 1 is 1.21 bits per heavy atom. The molecular weight excluding hydrogens is 609 g/mol. The van der Waals surface area contributed by atoms with Gasteiger partial charge in [0.2, 0.25) is 11.1 Å². The number of nitro benzene ring substituents is 1. The standard InChI is InChI=1S/C28H40N6O6S2Si/c1-17(2)23(26(36)39-15-20-11-13-21(14-12-20)34(37)38)33-24(35)22(19(4)40-43(9,10)28(5,6)7)25(33)42-18(3)16-41-27-29-30-31-32(27)8/h11-14,16,19,22,25H,15H2,1-10H3/t19-,22?,25?/m1/s1. The van der Waals surface area contributed by atoms with E-state index in [-0.39, 0.29) is 35.0 Å². The average molecular weight is 649 g/mol. The normalized spacial score (nSPS) is 18.2. The van der Waals surface area contributed by atoms with Crippen molar-refractivity contribution in [2.75, 3.05) is 0 Å². The predicted octanol–water partition coefficient (Wildman–Crippen LogP) is 6.04. The van der Waals surface area contributed by atoms with Gasteiger partial charge in [-0.05, 0) is 89.8 Å². The number of carbonyl (C=O) groups excluding carboxylic acids is 2. The van der Waals surface area contributed by atoms with Gasteiger partial charge in [-0.1, -0.05) is 32.5 Å². The van der Waals surface area contributed by atoms with Gasteiger partial charge in [-0.25, -0.2) is 9.48 Å². The Morgan fingerprint density at radius 2 is 1.84 bits per heavy atom. The molecule has 0 N–H and O–H groups in total. The van der Waals surface area contributed by atoms with Crippen LogP contribution in [0.25, 0.3) is 0 Å². The number of amides is 1. The number of allylic oxidation sites excluding steroid dienone is 2. The Morgan fingerprint density at radius 3 is 2.35 bits per heavy atom. The van der Waals surface area contributed by atoms with E-state index in [0.29, 0.717) is 16.3 Å². The molecule has 0 radical (unpaired) electrons. The fraction of sp³-hybridized carbons (Fsp3) is 0.536. The largest absolute Gasteiger partial charge is 0.456 e. The first kappa shape index (κ1) is 34.5. The van der Waals surface area contributed by atoms with Crippen molar-refractivity contribution in [2.24, 2.45) is 13.0 Å². The van der Waals surface area contributed by atoms with Crippen molar-refractivity contribution in [2.45, 2.75) is 89.8 Å². The van der Waals surface area contributed by atoms with Crippen LogP contribution < -0.4 is 0 Å². The monoisotopic (exact) mass is 648 g/mol. The first-order valence-corrected chi connectivity index (χ1v) is 18.4. The summed E-state index contributed by atoms with van der Waals surface area (Å²) in [5.74, 6) is -1.33. The number of likely N-dealkylation sites (tertiary alicyclic amines) is 1. The lowest BCUT2D eigenvalue weighted by molar-refractivity contribution is -0.384. The molecule has 0 saturated carbocycles. The SMILES string of the molecule is CC(=CSc1nnnn1C)SC1C([C@@H](C)O[Si](C)(C)C(C)(C)C)C(=O)N1C(C(=O)OCc1ccc([N+](=O)[O-])cc1)=C(C)C. The first-order valence-electron chi connectivity index (χ1n) is 13.8. The van der Waals surface area contributed by atoms with E-state index in [1.807, 2.05) is 19.3 Å². The van der Waals surface area contributed by atoms with Crippen LogP contribution in [-0.2, 0) is 32.4 Å². The summed E-state index contributed by atoms with van der Waals surface area (Å²) in [6.45, 7) is 18.1. The van der Waals surface area contributed by atoms with Gasteiger partial charge < -0.3 is 9.16 Å². The van der Waals surface area contributed by atoms with E-state index < -0.39 is 30.5 Å². The quantitative estimate of drug-likeness (QED) is 0.0506. The Kier molecular flexibility index (Phi) is 11.0. The highest BCUT2D eigenvalue weighted by molar-refractivity contribution is 8.06. The van der Waals surface area contributed by atoms with Crippen molar-refractivity contribution in [1.29, 1.82) is 0 Å². The van der Waals surface area contributed by atoms with Gasteiger partial charge >= 0.3 is 5.97 Å². The molecule has 1 aliphatic heterocycles. The molecule has 2 aromatic rings. The van der Waals surface area contributed by atoms with E-state index in [4.69, 9.17) is 9.16 Å². The molecule has 3 rings (SSSR count). The number of nitrogens with zero attached hydrogens (tertiary/aromatic N) is 6. The number of esters is 1. The van der Waals surface area contributed by atoms with Crippen molar-refractivity contribution in [3.8, 4) is 0 Å².